The first-order valence-corrected chi connectivity index (χ1v) is 5.86. The SMILES string of the molecule is CN(c1nccn2cnnc12)C1COCC1C(=O)O. The first-order valence-electron chi connectivity index (χ1n) is 5.86. The van der Waals surface area contributed by atoms with Crippen molar-refractivity contribution in [1.82, 2.24) is 19.6 Å². The maximum absolute atomic E-state index is 11.2. The van der Waals surface area contributed by atoms with Crippen LogP contribution in [0.15, 0.2) is 18.7 Å². The minimum absolute atomic E-state index is 0.222. The molecule has 0 spiro atoms. The van der Waals surface area contributed by atoms with E-state index < -0.39 is 11.9 Å². The van der Waals surface area contributed by atoms with Crippen LogP contribution in [-0.4, -0.2) is 57.0 Å². The molecule has 8 nitrogen and oxygen atoms in total. The first kappa shape index (κ1) is 11.8. The number of nitrogens with zero attached hydrogens (tertiary/aromatic N) is 5. The minimum atomic E-state index is -0.859. The second-order valence-electron chi connectivity index (χ2n) is 4.47. The third-order valence-electron chi connectivity index (χ3n) is 3.40. The van der Waals surface area contributed by atoms with Gasteiger partial charge in [-0.3, -0.25) is 9.20 Å². The molecule has 1 aliphatic heterocycles. The van der Waals surface area contributed by atoms with Gasteiger partial charge in [0.25, 0.3) is 0 Å². The normalized spacial score (nSPS) is 22.8. The van der Waals surface area contributed by atoms with Gasteiger partial charge < -0.3 is 14.7 Å². The van der Waals surface area contributed by atoms with Crippen LogP contribution in [0.4, 0.5) is 5.82 Å². The third kappa shape index (κ3) is 1.89. The molecule has 1 N–H and O–H groups in total. The van der Waals surface area contributed by atoms with Crippen LogP contribution in [-0.2, 0) is 9.53 Å². The van der Waals surface area contributed by atoms with E-state index in [1.165, 1.54) is 0 Å². The summed E-state index contributed by atoms with van der Waals surface area (Å²) in [5.41, 5.74) is 0.598. The van der Waals surface area contributed by atoms with Crippen LogP contribution in [0.3, 0.4) is 0 Å². The summed E-state index contributed by atoms with van der Waals surface area (Å²) in [5, 5.41) is 17.0. The van der Waals surface area contributed by atoms with Gasteiger partial charge in [0.15, 0.2) is 5.82 Å². The average molecular weight is 263 g/mol. The predicted molar refractivity (Wildman–Crippen MR) is 64.9 cm³/mol. The van der Waals surface area contributed by atoms with Crippen LogP contribution < -0.4 is 4.90 Å². The second kappa shape index (κ2) is 4.47. The Hall–Kier alpha value is -2.22. The van der Waals surface area contributed by atoms with Gasteiger partial charge in [0.05, 0.1) is 19.3 Å². The summed E-state index contributed by atoms with van der Waals surface area (Å²) in [6, 6.07) is -0.257. The monoisotopic (exact) mass is 263 g/mol. The number of hydrogen-bond acceptors (Lipinski definition) is 6. The van der Waals surface area contributed by atoms with E-state index in [2.05, 4.69) is 15.2 Å². The largest absolute Gasteiger partial charge is 0.481 e. The highest BCUT2D eigenvalue weighted by molar-refractivity contribution is 5.73. The average Bonchev–Trinajstić information content (AvgIpc) is 3.05. The smallest absolute Gasteiger partial charge is 0.311 e. The summed E-state index contributed by atoms with van der Waals surface area (Å²) >= 11 is 0. The van der Waals surface area contributed by atoms with Gasteiger partial charge in [-0.05, 0) is 0 Å². The summed E-state index contributed by atoms with van der Waals surface area (Å²) in [7, 11) is 1.80. The standard InChI is InChI=1S/C11H13N5O3/c1-15(8-5-19-4-7(8)11(17)18)9-10-14-13-6-16(10)3-2-12-9/h2-3,6-8H,4-5H2,1H3,(H,17,18). The van der Waals surface area contributed by atoms with Crippen molar-refractivity contribution in [3.05, 3.63) is 18.7 Å². The summed E-state index contributed by atoms with van der Waals surface area (Å²) in [4.78, 5) is 17.3. The Morgan fingerprint density at radius 3 is 3.21 bits per heavy atom. The summed E-state index contributed by atoms with van der Waals surface area (Å²) in [5.74, 6) is -0.820. The summed E-state index contributed by atoms with van der Waals surface area (Å²) < 4.78 is 7.01. The van der Waals surface area contributed by atoms with E-state index in [4.69, 9.17) is 4.74 Å². The fourth-order valence-electron chi connectivity index (χ4n) is 2.31. The van der Waals surface area contributed by atoms with Gasteiger partial charge in [0.1, 0.15) is 12.2 Å². The van der Waals surface area contributed by atoms with Crippen molar-refractivity contribution < 1.29 is 14.6 Å². The number of carboxylic acids is 1. The Balaban J connectivity index is 1.97. The van der Waals surface area contributed by atoms with Crippen LogP contribution in [0.25, 0.3) is 5.65 Å². The lowest BCUT2D eigenvalue weighted by Gasteiger charge is -2.27. The van der Waals surface area contributed by atoms with Crippen molar-refractivity contribution in [2.75, 3.05) is 25.2 Å². The van der Waals surface area contributed by atoms with E-state index in [0.29, 0.717) is 18.1 Å². The fraction of sp³-hybridized carbons (Fsp3) is 0.455. The Bertz CT molecular complexity index is 613. The molecule has 2 atom stereocenters. The van der Waals surface area contributed by atoms with Crippen molar-refractivity contribution in [2.45, 2.75) is 6.04 Å². The van der Waals surface area contributed by atoms with E-state index in [1.54, 1.807) is 35.1 Å². The highest BCUT2D eigenvalue weighted by Crippen LogP contribution is 2.25. The number of anilines is 1. The zero-order valence-corrected chi connectivity index (χ0v) is 10.3. The van der Waals surface area contributed by atoms with E-state index in [0.717, 1.165) is 0 Å². The van der Waals surface area contributed by atoms with Gasteiger partial charge in [-0.15, -0.1) is 10.2 Å². The van der Waals surface area contributed by atoms with Gasteiger partial charge in [-0.25, -0.2) is 4.98 Å². The number of ether oxygens (including phenoxy) is 1. The number of hydrogen-bond donors (Lipinski definition) is 1. The quantitative estimate of drug-likeness (QED) is 0.809. The topological polar surface area (TPSA) is 92.9 Å². The zero-order valence-electron chi connectivity index (χ0n) is 10.3. The van der Waals surface area contributed by atoms with E-state index in [9.17, 15) is 9.90 Å². The molecule has 2 aromatic rings. The lowest BCUT2D eigenvalue weighted by Crippen LogP contribution is -2.41. The van der Waals surface area contributed by atoms with Gasteiger partial charge >= 0.3 is 5.97 Å². The van der Waals surface area contributed by atoms with Crippen LogP contribution in [0.5, 0.6) is 0 Å². The van der Waals surface area contributed by atoms with E-state index >= 15 is 0 Å². The van der Waals surface area contributed by atoms with Crippen LogP contribution in [0, 0.1) is 5.92 Å². The molecule has 0 aromatic carbocycles. The lowest BCUT2D eigenvalue weighted by atomic mass is 10.0. The molecule has 1 aliphatic rings. The molecule has 1 saturated heterocycles. The molecule has 0 amide bonds. The lowest BCUT2D eigenvalue weighted by molar-refractivity contribution is -0.141. The van der Waals surface area contributed by atoms with Gasteiger partial charge in [-0.2, -0.15) is 0 Å². The molecule has 3 heterocycles. The molecule has 19 heavy (non-hydrogen) atoms. The zero-order chi connectivity index (χ0) is 13.4. The molecule has 0 radical (unpaired) electrons. The molecule has 2 unspecified atom stereocenters. The molecule has 0 bridgehead atoms. The Morgan fingerprint density at radius 2 is 2.42 bits per heavy atom. The molecular formula is C11H13N5O3. The molecule has 3 rings (SSSR count). The first-order chi connectivity index (χ1) is 9.18. The van der Waals surface area contributed by atoms with Crippen LogP contribution in [0.2, 0.25) is 0 Å². The van der Waals surface area contributed by atoms with Crippen molar-refractivity contribution in [3.8, 4) is 0 Å². The van der Waals surface area contributed by atoms with Crippen LogP contribution in [0.1, 0.15) is 0 Å². The second-order valence-corrected chi connectivity index (χ2v) is 4.47. The molecule has 0 aliphatic carbocycles. The van der Waals surface area contributed by atoms with Gasteiger partial charge in [0, 0.05) is 19.4 Å². The summed E-state index contributed by atoms with van der Waals surface area (Å²) in [6.07, 6.45) is 4.95. The minimum Gasteiger partial charge on any atom is -0.481 e. The van der Waals surface area contributed by atoms with Crippen LogP contribution >= 0.6 is 0 Å². The number of carbonyl (C=O) groups is 1. The molecule has 0 saturated carbocycles. The molecule has 2 aromatic heterocycles. The number of fused-ring (bicyclic) bond motifs is 1. The van der Waals surface area contributed by atoms with E-state index in [1.807, 2.05) is 0 Å². The number of aliphatic carboxylic acids is 1. The van der Waals surface area contributed by atoms with Gasteiger partial charge in [0.2, 0.25) is 5.65 Å². The molecule has 8 heteroatoms. The number of carboxylic acid groups (broad SMARTS) is 1. The molecular weight excluding hydrogens is 250 g/mol. The Kier molecular flexibility index (Phi) is 2.79. The maximum atomic E-state index is 11.2. The third-order valence-corrected chi connectivity index (χ3v) is 3.40. The van der Waals surface area contributed by atoms with Crippen molar-refractivity contribution in [3.63, 3.8) is 0 Å². The predicted octanol–water partition coefficient (Wildman–Crippen LogP) is -0.340. The maximum Gasteiger partial charge on any atom is 0.311 e. The van der Waals surface area contributed by atoms with Crippen molar-refractivity contribution in [1.29, 1.82) is 0 Å². The molecule has 1 fully saturated rings. The summed E-state index contributed by atoms with van der Waals surface area (Å²) in [6.45, 7) is 0.588. The Morgan fingerprint density at radius 1 is 1.58 bits per heavy atom. The highest BCUT2D eigenvalue weighted by atomic mass is 16.5. The molecule has 100 valence electrons. The number of rotatable bonds is 3. The van der Waals surface area contributed by atoms with Crippen molar-refractivity contribution in [2.24, 2.45) is 5.92 Å². The fourth-order valence-corrected chi connectivity index (χ4v) is 2.31. The highest BCUT2D eigenvalue weighted by Gasteiger charge is 2.37. The Labute approximate surface area is 108 Å². The van der Waals surface area contributed by atoms with E-state index in [-0.39, 0.29) is 12.6 Å². The van der Waals surface area contributed by atoms with Crippen molar-refractivity contribution >= 4 is 17.4 Å². The van der Waals surface area contributed by atoms with Gasteiger partial charge in [-0.1, -0.05) is 0 Å². The number of likely N-dealkylation sites (N-methyl/N-ethyl adjacent to an activating group) is 1. The number of aromatic nitrogens is 4.